The van der Waals surface area contributed by atoms with E-state index in [9.17, 15) is 4.79 Å². The van der Waals surface area contributed by atoms with Crippen molar-refractivity contribution in [3.63, 3.8) is 0 Å². The molecule has 0 spiro atoms. The maximum Gasteiger partial charge on any atom is 0.227 e. The van der Waals surface area contributed by atoms with Crippen molar-refractivity contribution in [1.29, 1.82) is 0 Å². The zero-order chi connectivity index (χ0) is 17.3. The summed E-state index contributed by atoms with van der Waals surface area (Å²) in [6.07, 6.45) is 7.67. The van der Waals surface area contributed by atoms with Gasteiger partial charge in [-0.05, 0) is 55.5 Å². The SMILES string of the molecule is O=C(Nc1ccc(OCCCc2ccccc2)cc1)C1CCCCC1. The van der Waals surface area contributed by atoms with E-state index in [1.54, 1.807) is 0 Å². The van der Waals surface area contributed by atoms with Crippen LogP contribution in [-0.4, -0.2) is 12.5 Å². The zero-order valence-electron chi connectivity index (χ0n) is 14.7. The van der Waals surface area contributed by atoms with Gasteiger partial charge < -0.3 is 10.1 Å². The first-order valence-electron chi connectivity index (χ1n) is 9.39. The Morgan fingerprint density at radius 3 is 2.40 bits per heavy atom. The average Bonchev–Trinajstić information content (AvgIpc) is 2.68. The molecular formula is C22H27NO2. The van der Waals surface area contributed by atoms with Gasteiger partial charge in [-0.3, -0.25) is 4.79 Å². The van der Waals surface area contributed by atoms with Gasteiger partial charge in [0, 0.05) is 11.6 Å². The number of hydrogen-bond donors (Lipinski definition) is 1. The Bertz CT molecular complexity index is 645. The molecule has 1 amide bonds. The summed E-state index contributed by atoms with van der Waals surface area (Å²) in [7, 11) is 0. The molecule has 1 fully saturated rings. The Kier molecular flexibility index (Phi) is 6.49. The molecule has 0 heterocycles. The van der Waals surface area contributed by atoms with Crippen molar-refractivity contribution in [3.05, 3.63) is 60.2 Å². The van der Waals surface area contributed by atoms with Crippen LogP contribution in [0.25, 0.3) is 0 Å². The normalized spacial score (nSPS) is 14.9. The molecule has 0 radical (unpaired) electrons. The van der Waals surface area contributed by atoms with Crippen LogP contribution in [0.4, 0.5) is 5.69 Å². The van der Waals surface area contributed by atoms with E-state index in [0.29, 0.717) is 6.61 Å². The lowest BCUT2D eigenvalue weighted by atomic mass is 9.88. The third-order valence-corrected chi connectivity index (χ3v) is 4.82. The minimum atomic E-state index is 0.163. The fourth-order valence-corrected chi connectivity index (χ4v) is 3.35. The molecule has 1 N–H and O–H groups in total. The van der Waals surface area contributed by atoms with Gasteiger partial charge in [-0.1, -0.05) is 49.6 Å². The molecule has 0 saturated heterocycles. The first kappa shape index (κ1) is 17.5. The van der Waals surface area contributed by atoms with Crippen molar-refractivity contribution < 1.29 is 9.53 Å². The second kappa shape index (κ2) is 9.26. The number of benzene rings is 2. The molecule has 3 heteroatoms. The zero-order valence-corrected chi connectivity index (χ0v) is 14.7. The molecule has 3 nitrogen and oxygen atoms in total. The molecule has 3 rings (SSSR count). The molecule has 0 aromatic heterocycles. The predicted molar refractivity (Wildman–Crippen MR) is 102 cm³/mol. The van der Waals surface area contributed by atoms with Crippen LogP contribution in [0.15, 0.2) is 54.6 Å². The van der Waals surface area contributed by atoms with Crippen molar-refractivity contribution in [2.24, 2.45) is 5.92 Å². The van der Waals surface area contributed by atoms with E-state index < -0.39 is 0 Å². The average molecular weight is 337 g/mol. The number of hydrogen-bond acceptors (Lipinski definition) is 2. The number of ether oxygens (including phenoxy) is 1. The second-order valence-corrected chi connectivity index (χ2v) is 6.79. The van der Waals surface area contributed by atoms with Crippen molar-refractivity contribution in [1.82, 2.24) is 0 Å². The van der Waals surface area contributed by atoms with Gasteiger partial charge in [0.2, 0.25) is 5.91 Å². The third kappa shape index (κ3) is 5.63. The smallest absolute Gasteiger partial charge is 0.227 e. The summed E-state index contributed by atoms with van der Waals surface area (Å²) in [4.78, 5) is 12.3. The van der Waals surface area contributed by atoms with Crippen LogP contribution >= 0.6 is 0 Å². The van der Waals surface area contributed by atoms with Crippen LogP contribution in [0.5, 0.6) is 5.75 Å². The number of carbonyl (C=O) groups excluding carboxylic acids is 1. The Morgan fingerprint density at radius 2 is 1.68 bits per heavy atom. The lowest BCUT2D eigenvalue weighted by molar-refractivity contribution is -0.120. The van der Waals surface area contributed by atoms with Crippen molar-refractivity contribution in [2.45, 2.75) is 44.9 Å². The van der Waals surface area contributed by atoms with E-state index in [2.05, 4.69) is 29.6 Å². The summed E-state index contributed by atoms with van der Waals surface area (Å²) in [6.45, 7) is 0.697. The van der Waals surface area contributed by atoms with Gasteiger partial charge in [0.15, 0.2) is 0 Å². The molecule has 1 saturated carbocycles. The first-order chi connectivity index (χ1) is 12.3. The summed E-state index contributed by atoms with van der Waals surface area (Å²) in [6, 6.07) is 18.2. The highest BCUT2D eigenvalue weighted by Gasteiger charge is 2.20. The molecule has 2 aromatic rings. The second-order valence-electron chi connectivity index (χ2n) is 6.79. The summed E-state index contributed by atoms with van der Waals surface area (Å²) < 4.78 is 5.79. The Morgan fingerprint density at radius 1 is 0.960 bits per heavy atom. The van der Waals surface area contributed by atoms with Crippen LogP contribution in [0.3, 0.4) is 0 Å². The summed E-state index contributed by atoms with van der Waals surface area (Å²) >= 11 is 0. The fourth-order valence-electron chi connectivity index (χ4n) is 3.35. The number of aryl methyl sites for hydroxylation is 1. The van der Waals surface area contributed by atoms with Gasteiger partial charge in [-0.15, -0.1) is 0 Å². The van der Waals surface area contributed by atoms with Crippen molar-refractivity contribution in [2.75, 3.05) is 11.9 Å². The van der Waals surface area contributed by atoms with Crippen LogP contribution in [0.1, 0.15) is 44.1 Å². The quantitative estimate of drug-likeness (QED) is 0.704. The Hall–Kier alpha value is -2.29. The molecule has 0 unspecified atom stereocenters. The Balaban J connectivity index is 1.40. The van der Waals surface area contributed by atoms with Gasteiger partial charge in [0.05, 0.1) is 6.61 Å². The van der Waals surface area contributed by atoms with Crippen molar-refractivity contribution >= 4 is 11.6 Å². The van der Waals surface area contributed by atoms with E-state index in [1.165, 1.54) is 24.8 Å². The molecule has 1 aliphatic carbocycles. The van der Waals surface area contributed by atoms with Crippen LogP contribution in [-0.2, 0) is 11.2 Å². The lowest BCUT2D eigenvalue weighted by Crippen LogP contribution is -2.24. The van der Waals surface area contributed by atoms with Gasteiger partial charge >= 0.3 is 0 Å². The molecule has 0 atom stereocenters. The third-order valence-electron chi connectivity index (χ3n) is 4.82. The van der Waals surface area contributed by atoms with E-state index in [0.717, 1.165) is 37.1 Å². The number of nitrogens with one attached hydrogen (secondary N) is 1. The summed E-state index contributed by atoms with van der Waals surface area (Å²) in [5.74, 6) is 1.20. The minimum absolute atomic E-state index is 0.163. The molecule has 0 bridgehead atoms. The predicted octanol–water partition coefficient (Wildman–Crippen LogP) is 5.22. The van der Waals surface area contributed by atoms with E-state index in [-0.39, 0.29) is 11.8 Å². The van der Waals surface area contributed by atoms with Gasteiger partial charge in [-0.2, -0.15) is 0 Å². The number of rotatable bonds is 7. The standard InChI is InChI=1S/C22H27NO2/c24-22(19-11-5-2-6-12-19)23-20-13-15-21(16-14-20)25-17-7-10-18-8-3-1-4-9-18/h1,3-4,8-9,13-16,19H,2,5-7,10-12,17H2,(H,23,24). The molecule has 1 aliphatic rings. The maximum absolute atomic E-state index is 12.3. The molecule has 0 aliphatic heterocycles. The fraction of sp³-hybridized carbons (Fsp3) is 0.409. The number of amides is 1. The van der Waals surface area contributed by atoms with Crippen LogP contribution in [0.2, 0.25) is 0 Å². The molecular weight excluding hydrogens is 310 g/mol. The molecule has 132 valence electrons. The summed E-state index contributed by atoms with van der Waals surface area (Å²) in [5, 5.41) is 3.03. The topological polar surface area (TPSA) is 38.3 Å². The van der Waals surface area contributed by atoms with Crippen LogP contribution in [0, 0.1) is 5.92 Å². The van der Waals surface area contributed by atoms with E-state index >= 15 is 0 Å². The van der Waals surface area contributed by atoms with Gasteiger partial charge in [-0.25, -0.2) is 0 Å². The molecule has 2 aromatic carbocycles. The molecule has 25 heavy (non-hydrogen) atoms. The summed E-state index contributed by atoms with van der Waals surface area (Å²) in [5.41, 5.74) is 2.19. The van der Waals surface area contributed by atoms with Gasteiger partial charge in [0.25, 0.3) is 0 Å². The largest absolute Gasteiger partial charge is 0.494 e. The number of anilines is 1. The number of carbonyl (C=O) groups is 1. The van der Waals surface area contributed by atoms with E-state index in [4.69, 9.17) is 4.74 Å². The van der Waals surface area contributed by atoms with E-state index in [1.807, 2.05) is 30.3 Å². The Labute approximate surface area is 150 Å². The first-order valence-corrected chi connectivity index (χ1v) is 9.39. The highest BCUT2D eigenvalue weighted by Crippen LogP contribution is 2.25. The van der Waals surface area contributed by atoms with Crippen molar-refractivity contribution in [3.8, 4) is 5.75 Å². The highest BCUT2D eigenvalue weighted by atomic mass is 16.5. The minimum Gasteiger partial charge on any atom is -0.494 e. The van der Waals surface area contributed by atoms with Crippen LogP contribution < -0.4 is 10.1 Å². The monoisotopic (exact) mass is 337 g/mol. The highest BCUT2D eigenvalue weighted by molar-refractivity contribution is 5.92. The maximum atomic E-state index is 12.3. The van der Waals surface area contributed by atoms with Gasteiger partial charge in [0.1, 0.15) is 5.75 Å². The lowest BCUT2D eigenvalue weighted by Gasteiger charge is -2.20.